The number of ether oxygens (including phenoxy) is 1. The van der Waals surface area contributed by atoms with E-state index in [1.807, 2.05) is 19.1 Å². The number of hydrogen-bond acceptors (Lipinski definition) is 4. The molecule has 1 amide bonds. The van der Waals surface area contributed by atoms with Crippen molar-refractivity contribution in [3.63, 3.8) is 0 Å². The summed E-state index contributed by atoms with van der Waals surface area (Å²) in [6.45, 7) is 2.01. The van der Waals surface area contributed by atoms with Crippen LogP contribution < -0.4 is 14.4 Å². The van der Waals surface area contributed by atoms with Crippen molar-refractivity contribution in [3.8, 4) is 5.75 Å². The minimum Gasteiger partial charge on any atom is -0.489 e. The topological polar surface area (TPSA) is 75.7 Å². The van der Waals surface area contributed by atoms with Crippen molar-refractivity contribution in [1.29, 1.82) is 0 Å². The highest BCUT2D eigenvalue weighted by atomic mass is 35.5. The van der Waals surface area contributed by atoms with Crippen LogP contribution in [-0.4, -0.2) is 20.9 Å². The first kappa shape index (κ1) is 27.2. The number of hydrogen-bond donors (Lipinski definition) is 1. The van der Waals surface area contributed by atoms with Gasteiger partial charge in [-0.25, -0.2) is 12.8 Å². The molecule has 0 spiro atoms. The zero-order chi connectivity index (χ0) is 27.1. The highest BCUT2D eigenvalue weighted by Crippen LogP contribution is 2.25. The maximum atomic E-state index is 13.4. The maximum Gasteiger partial charge on any atom is 0.264 e. The summed E-state index contributed by atoms with van der Waals surface area (Å²) in [5, 5.41) is 3.20. The van der Waals surface area contributed by atoms with Crippen LogP contribution in [0.1, 0.15) is 16.7 Å². The first-order valence-corrected chi connectivity index (χ1v) is 13.6. The summed E-state index contributed by atoms with van der Waals surface area (Å²) >= 11 is 5.93. The van der Waals surface area contributed by atoms with Crippen LogP contribution >= 0.6 is 11.6 Å². The average molecular weight is 553 g/mol. The molecule has 1 N–H and O–H groups in total. The number of nitrogens with zero attached hydrogens (tertiary/aromatic N) is 1. The van der Waals surface area contributed by atoms with E-state index in [2.05, 4.69) is 5.32 Å². The molecule has 0 saturated carbocycles. The van der Waals surface area contributed by atoms with E-state index >= 15 is 0 Å². The van der Waals surface area contributed by atoms with Crippen LogP contribution in [0.2, 0.25) is 5.02 Å². The molecule has 6 nitrogen and oxygen atoms in total. The molecular formula is C29H26ClFN2O4S. The SMILES string of the molecule is Cc1ccc(N(CC(=O)NCc2ccc(OCc3ccc(F)cc3)cc2)S(=O)(=O)c2ccc(Cl)cc2)cc1. The summed E-state index contributed by atoms with van der Waals surface area (Å²) in [6.07, 6.45) is 0. The molecule has 9 heteroatoms. The molecule has 4 aromatic carbocycles. The number of nitrogens with one attached hydrogen (secondary N) is 1. The van der Waals surface area contributed by atoms with Crippen LogP contribution in [0.3, 0.4) is 0 Å². The lowest BCUT2D eigenvalue weighted by Crippen LogP contribution is -2.40. The lowest BCUT2D eigenvalue weighted by atomic mass is 10.2. The Labute approximate surface area is 226 Å². The molecular weight excluding hydrogens is 527 g/mol. The molecule has 4 rings (SSSR count). The lowest BCUT2D eigenvalue weighted by Gasteiger charge is -2.24. The number of rotatable bonds is 10. The summed E-state index contributed by atoms with van der Waals surface area (Å²) in [4.78, 5) is 12.9. The fourth-order valence-electron chi connectivity index (χ4n) is 3.60. The van der Waals surface area contributed by atoms with Crippen LogP contribution in [0, 0.1) is 12.7 Å². The number of amides is 1. The number of carbonyl (C=O) groups excluding carboxylic acids is 1. The Bertz CT molecular complexity index is 1480. The largest absolute Gasteiger partial charge is 0.489 e. The highest BCUT2D eigenvalue weighted by Gasteiger charge is 2.27. The minimum absolute atomic E-state index is 0.0338. The standard InChI is InChI=1S/C29H26ClFN2O4S/c1-21-2-12-26(13-3-21)33(38(35,36)28-16-8-24(30)9-17-28)19-29(34)32-18-22-6-14-27(15-7-22)37-20-23-4-10-25(31)11-5-23/h2-17H,18-20H2,1H3,(H,32,34). The number of benzene rings is 4. The van der Waals surface area contributed by atoms with E-state index < -0.39 is 22.5 Å². The number of carbonyl (C=O) groups is 1. The first-order valence-electron chi connectivity index (χ1n) is 11.8. The quantitative estimate of drug-likeness (QED) is 0.267. The molecule has 0 atom stereocenters. The molecule has 0 bridgehead atoms. The third-order valence-electron chi connectivity index (χ3n) is 5.74. The molecule has 0 aliphatic heterocycles. The molecule has 0 aliphatic rings. The fraction of sp³-hybridized carbons (Fsp3) is 0.138. The molecule has 4 aromatic rings. The Hall–Kier alpha value is -3.88. The van der Waals surface area contributed by atoms with Gasteiger partial charge in [0.1, 0.15) is 24.7 Å². The number of aryl methyl sites for hydroxylation is 1. The van der Waals surface area contributed by atoms with Crippen molar-refractivity contribution in [2.24, 2.45) is 0 Å². The number of halogens is 2. The Morgan fingerprint density at radius 2 is 1.47 bits per heavy atom. The predicted molar refractivity (Wildman–Crippen MR) is 146 cm³/mol. The second kappa shape index (κ2) is 12.1. The molecule has 0 fully saturated rings. The molecule has 0 radical (unpaired) electrons. The molecule has 0 unspecified atom stereocenters. The highest BCUT2D eigenvalue weighted by molar-refractivity contribution is 7.92. The van der Waals surface area contributed by atoms with E-state index in [9.17, 15) is 17.6 Å². The summed E-state index contributed by atoms with van der Waals surface area (Å²) in [5.41, 5.74) is 3.00. The van der Waals surface area contributed by atoms with Crippen molar-refractivity contribution in [2.75, 3.05) is 10.8 Å². The van der Waals surface area contributed by atoms with Gasteiger partial charge in [-0.05, 0) is 78.7 Å². The fourth-order valence-corrected chi connectivity index (χ4v) is 5.14. The molecule has 0 saturated heterocycles. The van der Waals surface area contributed by atoms with Crippen LogP contribution in [-0.2, 0) is 28.0 Å². The normalized spacial score (nSPS) is 11.1. The third kappa shape index (κ3) is 7.12. The van der Waals surface area contributed by atoms with Crippen molar-refractivity contribution >= 4 is 33.2 Å². The molecule has 38 heavy (non-hydrogen) atoms. The van der Waals surface area contributed by atoms with Crippen molar-refractivity contribution in [1.82, 2.24) is 5.32 Å². The maximum absolute atomic E-state index is 13.4. The van der Waals surface area contributed by atoms with Crippen LogP contribution in [0.4, 0.5) is 10.1 Å². The van der Waals surface area contributed by atoms with Gasteiger partial charge in [-0.2, -0.15) is 0 Å². The van der Waals surface area contributed by atoms with E-state index in [-0.39, 0.29) is 17.3 Å². The van der Waals surface area contributed by atoms with E-state index in [1.54, 1.807) is 48.5 Å². The predicted octanol–water partition coefficient (Wildman–Crippen LogP) is 5.88. The van der Waals surface area contributed by atoms with Gasteiger partial charge in [0.25, 0.3) is 10.0 Å². The van der Waals surface area contributed by atoms with Gasteiger partial charge in [0.2, 0.25) is 5.91 Å². The Morgan fingerprint density at radius 3 is 2.11 bits per heavy atom. The summed E-state index contributed by atoms with van der Waals surface area (Å²) in [6, 6.07) is 26.0. The van der Waals surface area contributed by atoms with Crippen molar-refractivity contribution < 1.29 is 22.3 Å². The molecule has 196 valence electrons. The van der Waals surface area contributed by atoms with E-state index in [0.29, 0.717) is 23.1 Å². The first-order chi connectivity index (χ1) is 18.2. The monoisotopic (exact) mass is 552 g/mol. The van der Waals surface area contributed by atoms with Gasteiger partial charge >= 0.3 is 0 Å². The van der Waals surface area contributed by atoms with E-state index in [1.165, 1.54) is 36.4 Å². The Morgan fingerprint density at radius 1 is 0.868 bits per heavy atom. The van der Waals surface area contributed by atoms with Crippen LogP contribution in [0.5, 0.6) is 5.75 Å². The molecule has 0 aromatic heterocycles. The van der Waals surface area contributed by atoms with Gasteiger partial charge in [0, 0.05) is 11.6 Å². The minimum atomic E-state index is -4.02. The van der Waals surface area contributed by atoms with E-state index in [4.69, 9.17) is 16.3 Å². The second-order valence-electron chi connectivity index (χ2n) is 8.64. The average Bonchev–Trinajstić information content (AvgIpc) is 2.91. The van der Waals surface area contributed by atoms with Gasteiger partial charge in [-0.1, -0.05) is 53.6 Å². The van der Waals surface area contributed by atoms with Gasteiger partial charge in [-0.3, -0.25) is 9.10 Å². The van der Waals surface area contributed by atoms with Crippen LogP contribution in [0.15, 0.2) is 102 Å². The Kier molecular flexibility index (Phi) is 8.66. The summed E-state index contributed by atoms with van der Waals surface area (Å²) in [5.74, 6) is -0.131. The number of sulfonamides is 1. The smallest absolute Gasteiger partial charge is 0.264 e. The third-order valence-corrected chi connectivity index (χ3v) is 7.78. The van der Waals surface area contributed by atoms with Gasteiger partial charge < -0.3 is 10.1 Å². The van der Waals surface area contributed by atoms with Crippen molar-refractivity contribution in [3.05, 3.63) is 125 Å². The van der Waals surface area contributed by atoms with Gasteiger partial charge in [0.15, 0.2) is 0 Å². The van der Waals surface area contributed by atoms with Crippen LogP contribution in [0.25, 0.3) is 0 Å². The van der Waals surface area contributed by atoms with Gasteiger partial charge in [0.05, 0.1) is 10.6 Å². The van der Waals surface area contributed by atoms with Crippen molar-refractivity contribution in [2.45, 2.75) is 25.0 Å². The van der Waals surface area contributed by atoms with Gasteiger partial charge in [-0.15, -0.1) is 0 Å². The second-order valence-corrected chi connectivity index (χ2v) is 10.9. The number of anilines is 1. The molecule has 0 heterocycles. The summed E-state index contributed by atoms with van der Waals surface area (Å²) in [7, 11) is -4.02. The Balaban J connectivity index is 1.40. The summed E-state index contributed by atoms with van der Waals surface area (Å²) < 4.78 is 46.7. The zero-order valence-electron chi connectivity index (χ0n) is 20.6. The lowest BCUT2D eigenvalue weighted by molar-refractivity contribution is -0.119. The zero-order valence-corrected chi connectivity index (χ0v) is 22.2. The molecule has 0 aliphatic carbocycles. The van der Waals surface area contributed by atoms with E-state index in [0.717, 1.165) is 21.0 Å².